The smallest absolute Gasteiger partial charge is 0.261 e. The molecule has 0 aliphatic carbocycles. The van der Waals surface area contributed by atoms with Crippen molar-refractivity contribution in [1.29, 1.82) is 0 Å². The van der Waals surface area contributed by atoms with Crippen molar-refractivity contribution in [1.82, 2.24) is 0 Å². The lowest BCUT2D eigenvalue weighted by Gasteiger charge is -2.10. The van der Waals surface area contributed by atoms with Crippen LogP contribution >= 0.6 is 27.5 Å². The van der Waals surface area contributed by atoms with Crippen LogP contribution in [-0.4, -0.2) is 13.5 Å². The molecule has 0 aromatic heterocycles. The summed E-state index contributed by atoms with van der Waals surface area (Å²) in [5.74, 6) is 0.113. The maximum atomic E-state index is 12.2. The van der Waals surface area contributed by atoms with Crippen LogP contribution in [0.4, 0.5) is 5.69 Å². The number of benzene rings is 2. The van der Waals surface area contributed by atoms with E-state index in [-0.39, 0.29) is 10.6 Å². The summed E-state index contributed by atoms with van der Waals surface area (Å²) in [5, 5.41) is 9.86. The first kappa shape index (κ1) is 15.2. The highest BCUT2D eigenvalue weighted by Gasteiger charge is 2.15. The maximum absolute atomic E-state index is 12.2. The average Bonchev–Trinajstić information content (AvgIpc) is 2.37. The number of hydrogen-bond donors (Lipinski definition) is 2. The third-order valence-electron chi connectivity index (χ3n) is 2.65. The van der Waals surface area contributed by atoms with Gasteiger partial charge in [0.1, 0.15) is 5.75 Å². The van der Waals surface area contributed by atoms with Crippen molar-refractivity contribution in [3.63, 3.8) is 0 Å². The van der Waals surface area contributed by atoms with Crippen LogP contribution in [0, 0.1) is 6.92 Å². The Hall–Kier alpha value is -1.24. The second-order valence-corrected chi connectivity index (χ2v) is 7.13. The number of nitrogens with one attached hydrogen (secondary N) is 1. The fourth-order valence-corrected chi connectivity index (χ4v) is 3.30. The van der Waals surface area contributed by atoms with E-state index in [0.29, 0.717) is 20.7 Å². The van der Waals surface area contributed by atoms with Gasteiger partial charge < -0.3 is 5.11 Å². The topological polar surface area (TPSA) is 66.4 Å². The fourth-order valence-electron chi connectivity index (χ4n) is 1.58. The van der Waals surface area contributed by atoms with Crippen LogP contribution in [0.5, 0.6) is 5.75 Å². The predicted octanol–water partition coefficient (Wildman–Crippen LogP) is 3.92. The van der Waals surface area contributed by atoms with Gasteiger partial charge >= 0.3 is 0 Å². The standard InChI is InChI=1S/C13H11BrClNO3S/c1-8-6-9(2-5-13(8)17)16-20(18,19)10-3-4-12(15)11(14)7-10/h2-7,16-17H,1H3. The molecule has 2 aromatic carbocycles. The van der Waals surface area contributed by atoms with E-state index in [4.69, 9.17) is 11.6 Å². The second kappa shape index (κ2) is 5.63. The Bertz CT molecular complexity index is 762. The number of rotatable bonds is 3. The van der Waals surface area contributed by atoms with Gasteiger partial charge in [-0.15, -0.1) is 0 Å². The number of halogens is 2. The fraction of sp³-hybridized carbons (Fsp3) is 0.0769. The number of anilines is 1. The maximum Gasteiger partial charge on any atom is 0.261 e. The molecule has 0 saturated carbocycles. The van der Waals surface area contributed by atoms with Gasteiger partial charge in [0.15, 0.2) is 0 Å². The quantitative estimate of drug-likeness (QED) is 0.798. The summed E-state index contributed by atoms with van der Waals surface area (Å²) in [7, 11) is -3.70. The van der Waals surface area contributed by atoms with E-state index in [1.165, 1.54) is 30.3 Å². The van der Waals surface area contributed by atoms with Crippen molar-refractivity contribution in [2.45, 2.75) is 11.8 Å². The van der Waals surface area contributed by atoms with Crippen molar-refractivity contribution < 1.29 is 13.5 Å². The molecule has 0 unspecified atom stereocenters. The lowest BCUT2D eigenvalue weighted by Crippen LogP contribution is -2.13. The van der Waals surface area contributed by atoms with E-state index in [1.54, 1.807) is 13.0 Å². The van der Waals surface area contributed by atoms with Gasteiger partial charge in [0.25, 0.3) is 10.0 Å². The molecule has 0 aliphatic heterocycles. The molecule has 20 heavy (non-hydrogen) atoms. The summed E-state index contributed by atoms with van der Waals surface area (Å²) in [6.45, 7) is 1.69. The molecule has 0 aliphatic rings. The van der Waals surface area contributed by atoms with Crippen LogP contribution in [0.25, 0.3) is 0 Å². The minimum Gasteiger partial charge on any atom is -0.508 e. The molecule has 4 nitrogen and oxygen atoms in total. The zero-order chi connectivity index (χ0) is 14.9. The lowest BCUT2D eigenvalue weighted by atomic mass is 10.2. The van der Waals surface area contributed by atoms with Crippen molar-refractivity contribution in [2.75, 3.05) is 4.72 Å². The molecule has 2 rings (SSSR count). The number of aryl methyl sites for hydroxylation is 1. The Balaban J connectivity index is 2.35. The molecule has 106 valence electrons. The van der Waals surface area contributed by atoms with Crippen LogP contribution in [0.3, 0.4) is 0 Å². The van der Waals surface area contributed by atoms with Crippen LogP contribution < -0.4 is 4.72 Å². The molecule has 0 fully saturated rings. The van der Waals surface area contributed by atoms with Gasteiger partial charge in [-0.3, -0.25) is 4.72 Å². The minimum atomic E-state index is -3.70. The first-order valence-corrected chi connectivity index (χ1v) is 8.22. The van der Waals surface area contributed by atoms with Gasteiger partial charge in [-0.05, 0) is 64.8 Å². The first-order valence-electron chi connectivity index (χ1n) is 5.57. The van der Waals surface area contributed by atoms with E-state index < -0.39 is 10.0 Å². The lowest BCUT2D eigenvalue weighted by molar-refractivity contribution is 0.471. The minimum absolute atomic E-state index is 0.0968. The number of phenols is 1. The van der Waals surface area contributed by atoms with Gasteiger partial charge in [0.2, 0.25) is 0 Å². The summed E-state index contributed by atoms with van der Waals surface area (Å²) in [5.41, 5.74) is 0.967. The molecule has 7 heteroatoms. The molecule has 0 spiro atoms. The van der Waals surface area contributed by atoms with E-state index in [9.17, 15) is 13.5 Å². The van der Waals surface area contributed by atoms with Crippen LogP contribution in [0.2, 0.25) is 5.02 Å². The Morgan fingerprint density at radius 2 is 1.90 bits per heavy atom. The van der Waals surface area contributed by atoms with Gasteiger partial charge in [-0.1, -0.05) is 11.6 Å². The number of hydrogen-bond acceptors (Lipinski definition) is 3. The van der Waals surface area contributed by atoms with E-state index in [1.807, 2.05) is 0 Å². The van der Waals surface area contributed by atoms with Gasteiger partial charge in [-0.25, -0.2) is 8.42 Å². The molecular formula is C13H11BrClNO3S. The Morgan fingerprint density at radius 1 is 1.20 bits per heavy atom. The monoisotopic (exact) mass is 375 g/mol. The summed E-state index contributed by atoms with van der Waals surface area (Å²) in [6, 6.07) is 8.83. The van der Waals surface area contributed by atoms with Crippen molar-refractivity contribution in [3.05, 3.63) is 51.5 Å². The SMILES string of the molecule is Cc1cc(NS(=O)(=O)c2ccc(Cl)c(Br)c2)ccc1O. The average molecular weight is 377 g/mol. The second-order valence-electron chi connectivity index (χ2n) is 4.18. The molecule has 0 bridgehead atoms. The highest BCUT2D eigenvalue weighted by molar-refractivity contribution is 9.10. The highest BCUT2D eigenvalue weighted by atomic mass is 79.9. The number of phenolic OH excluding ortho intramolecular Hbond substituents is 1. The molecule has 0 amide bonds. The molecule has 2 aromatic rings. The molecular weight excluding hydrogens is 366 g/mol. The van der Waals surface area contributed by atoms with Crippen LogP contribution in [0.15, 0.2) is 45.8 Å². The van der Waals surface area contributed by atoms with Crippen LogP contribution in [-0.2, 0) is 10.0 Å². The molecule has 2 N–H and O–H groups in total. The third kappa shape index (κ3) is 3.26. The third-order valence-corrected chi connectivity index (χ3v) is 5.24. The highest BCUT2D eigenvalue weighted by Crippen LogP contribution is 2.27. The van der Waals surface area contributed by atoms with E-state index in [0.717, 1.165) is 0 Å². The van der Waals surface area contributed by atoms with E-state index in [2.05, 4.69) is 20.7 Å². The molecule has 0 heterocycles. The first-order chi connectivity index (χ1) is 9.29. The van der Waals surface area contributed by atoms with Crippen molar-refractivity contribution in [2.24, 2.45) is 0 Å². The Morgan fingerprint density at radius 3 is 2.50 bits per heavy atom. The number of aromatic hydroxyl groups is 1. The van der Waals surface area contributed by atoms with Crippen LogP contribution in [0.1, 0.15) is 5.56 Å². The van der Waals surface area contributed by atoms with Crippen molar-refractivity contribution in [3.8, 4) is 5.75 Å². The summed E-state index contributed by atoms with van der Waals surface area (Å²) in [6.07, 6.45) is 0. The number of sulfonamides is 1. The molecule has 0 radical (unpaired) electrons. The van der Waals surface area contributed by atoms with Gasteiger partial charge in [0.05, 0.1) is 9.92 Å². The zero-order valence-corrected chi connectivity index (χ0v) is 13.6. The van der Waals surface area contributed by atoms with Gasteiger partial charge in [-0.2, -0.15) is 0 Å². The van der Waals surface area contributed by atoms with Crippen molar-refractivity contribution >= 4 is 43.2 Å². The Labute approximate surface area is 130 Å². The Kier molecular flexibility index (Phi) is 4.27. The normalized spacial score (nSPS) is 11.3. The summed E-state index contributed by atoms with van der Waals surface area (Å²) >= 11 is 9.03. The summed E-state index contributed by atoms with van der Waals surface area (Å²) in [4.78, 5) is 0.0968. The van der Waals surface area contributed by atoms with E-state index >= 15 is 0 Å². The molecule has 0 atom stereocenters. The zero-order valence-electron chi connectivity index (χ0n) is 10.4. The van der Waals surface area contributed by atoms with Gasteiger partial charge in [0, 0.05) is 10.2 Å². The largest absolute Gasteiger partial charge is 0.508 e. The predicted molar refractivity (Wildman–Crippen MR) is 82.8 cm³/mol. The summed E-state index contributed by atoms with van der Waals surface area (Å²) < 4.78 is 27.4. The molecule has 0 saturated heterocycles.